The van der Waals surface area contributed by atoms with Gasteiger partial charge in [-0.15, -0.1) is 10.2 Å². The fourth-order valence-corrected chi connectivity index (χ4v) is 4.13. The lowest BCUT2D eigenvalue weighted by Gasteiger charge is -2.10. The molecular formula is C26H20F5N5O. The van der Waals surface area contributed by atoms with E-state index in [0.717, 1.165) is 6.07 Å². The van der Waals surface area contributed by atoms with E-state index in [1.54, 1.807) is 41.9 Å². The minimum Gasteiger partial charge on any atom is -0.435 e. The van der Waals surface area contributed by atoms with Gasteiger partial charge in [-0.3, -0.25) is 0 Å². The molecule has 0 aliphatic heterocycles. The predicted octanol–water partition coefficient (Wildman–Crippen LogP) is 6.17. The van der Waals surface area contributed by atoms with Crippen LogP contribution in [0.15, 0.2) is 65.3 Å². The molecule has 0 amide bonds. The van der Waals surface area contributed by atoms with Crippen LogP contribution in [-0.4, -0.2) is 33.0 Å². The molecule has 0 bridgehead atoms. The molecule has 11 heteroatoms. The van der Waals surface area contributed by atoms with Crippen molar-refractivity contribution < 1.29 is 26.4 Å². The Bertz CT molecular complexity index is 1570. The van der Waals surface area contributed by atoms with Gasteiger partial charge in [0, 0.05) is 31.3 Å². The Morgan fingerprint density at radius 3 is 2.54 bits per heavy atom. The van der Waals surface area contributed by atoms with Gasteiger partial charge in [0.05, 0.1) is 0 Å². The molecule has 1 N–H and O–H groups in total. The zero-order valence-electron chi connectivity index (χ0n) is 19.5. The summed E-state index contributed by atoms with van der Waals surface area (Å²) < 4.78 is 75.3. The van der Waals surface area contributed by atoms with Crippen LogP contribution in [0.3, 0.4) is 0 Å². The topological polar surface area (TPSA) is 68.8 Å². The van der Waals surface area contributed by atoms with Gasteiger partial charge < -0.3 is 14.3 Å². The van der Waals surface area contributed by atoms with Crippen LogP contribution in [0.1, 0.15) is 11.1 Å². The van der Waals surface area contributed by atoms with Gasteiger partial charge in [-0.25, -0.2) is 13.8 Å². The number of fused-ring (bicyclic) bond motifs is 1. The largest absolute Gasteiger partial charge is 0.435 e. The summed E-state index contributed by atoms with van der Waals surface area (Å²) in [6.45, 7) is -0.558. The van der Waals surface area contributed by atoms with Crippen molar-refractivity contribution in [2.24, 2.45) is 7.05 Å². The Kier molecular flexibility index (Phi) is 6.46. The molecule has 0 atom stereocenters. The third kappa shape index (κ3) is 4.94. The first-order valence-electron chi connectivity index (χ1n) is 11.3. The Hall–Kier alpha value is -4.12. The number of nitrogens with zero attached hydrogens (tertiary/aromatic N) is 4. The third-order valence-corrected chi connectivity index (χ3v) is 5.81. The summed E-state index contributed by atoms with van der Waals surface area (Å²) in [5, 5.41) is 10.7. The fraction of sp³-hybridized carbons (Fsp3) is 0.192. The molecule has 5 aromatic rings. The van der Waals surface area contributed by atoms with Crippen molar-refractivity contribution in [3.63, 3.8) is 0 Å². The maximum atomic E-state index is 14.1. The van der Waals surface area contributed by atoms with Crippen LogP contribution in [0, 0.1) is 5.82 Å². The normalized spacial score (nSPS) is 11.9. The summed E-state index contributed by atoms with van der Waals surface area (Å²) in [7, 11) is 1.73. The van der Waals surface area contributed by atoms with E-state index in [2.05, 4.69) is 20.5 Å². The zero-order chi connectivity index (χ0) is 26.2. The lowest BCUT2D eigenvalue weighted by molar-refractivity contribution is -0.136. The van der Waals surface area contributed by atoms with Gasteiger partial charge in [-0.2, -0.15) is 13.2 Å². The molecular weight excluding hydrogens is 493 g/mol. The summed E-state index contributed by atoms with van der Waals surface area (Å²) in [5.41, 5.74) is 1.24. The average Bonchev–Trinajstić information content (AvgIpc) is 3.49. The van der Waals surface area contributed by atoms with E-state index in [9.17, 15) is 22.0 Å². The van der Waals surface area contributed by atoms with Crippen LogP contribution in [0.25, 0.3) is 45.1 Å². The van der Waals surface area contributed by atoms with E-state index in [1.807, 2.05) is 0 Å². The van der Waals surface area contributed by atoms with E-state index in [1.165, 1.54) is 24.5 Å². The molecule has 2 heterocycles. The number of halogens is 5. The van der Waals surface area contributed by atoms with Crippen molar-refractivity contribution in [2.45, 2.75) is 12.7 Å². The van der Waals surface area contributed by atoms with Gasteiger partial charge in [0.2, 0.25) is 5.89 Å². The number of nitrogens with one attached hydrogen (secondary N) is 1. The molecule has 6 nitrogen and oxygen atoms in total. The average molecular weight is 513 g/mol. The molecule has 37 heavy (non-hydrogen) atoms. The van der Waals surface area contributed by atoms with Crippen molar-refractivity contribution in [1.82, 2.24) is 25.1 Å². The highest BCUT2D eigenvalue weighted by Crippen LogP contribution is 2.39. The number of alkyl halides is 4. The molecule has 0 spiro atoms. The van der Waals surface area contributed by atoms with Gasteiger partial charge in [0.1, 0.15) is 29.9 Å². The van der Waals surface area contributed by atoms with Gasteiger partial charge in [-0.1, -0.05) is 18.2 Å². The van der Waals surface area contributed by atoms with Crippen LogP contribution in [0.2, 0.25) is 0 Å². The first kappa shape index (κ1) is 24.6. The molecule has 0 aliphatic rings. The summed E-state index contributed by atoms with van der Waals surface area (Å²) in [5.74, 6) is -0.00244. The lowest BCUT2D eigenvalue weighted by Crippen LogP contribution is -2.16. The molecule has 0 fully saturated rings. The molecule has 0 saturated heterocycles. The Morgan fingerprint density at radius 2 is 1.81 bits per heavy atom. The van der Waals surface area contributed by atoms with Crippen LogP contribution in [0.5, 0.6) is 0 Å². The number of aromatic nitrogens is 4. The van der Waals surface area contributed by atoms with Crippen LogP contribution < -0.4 is 5.32 Å². The van der Waals surface area contributed by atoms with Crippen LogP contribution in [0.4, 0.5) is 22.0 Å². The van der Waals surface area contributed by atoms with E-state index in [4.69, 9.17) is 4.42 Å². The molecule has 0 aliphatic carbocycles. The maximum Gasteiger partial charge on any atom is 0.420 e. The van der Waals surface area contributed by atoms with E-state index >= 15 is 0 Å². The van der Waals surface area contributed by atoms with Crippen molar-refractivity contribution in [3.05, 3.63) is 77.9 Å². The lowest BCUT2D eigenvalue weighted by atomic mass is 9.97. The van der Waals surface area contributed by atoms with Gasteiger partial charge >= 0.3 is 6.18 Å². The van der Waals surface area contributed by atoms with E-state index < -0.39 is 24.2 Å². The van der Waals surface area contributed by atoms with E-state index in [0.29, 0.717) is 33.6 Å². The van der Waals surface area contributed by atoms with Gasteiger partial charge in [0.25, 0.3) is 0 Å². The Morgan fingerprint density at radius 1 is 1.00 bits per heavy atom. The highest BCUT2D eigenvalue weighted by molar-refractivity contribution is 5.84. The summed E-state index contributed by atoms with van der Waals surface area (Å²) in [6.07, 6.45) is -3.18. The van der Waals surface area contributed by atoms with Crippen molar-refractivity contribution in [2.75, 3.05) is 13.2 Å². The van der Waals surface area contributed by atoms with Crippen LogP contribution in [-0.2, 0) is 19.8 Å². The van der Waals surface area contributed by atoms with Crippen molar-refractivity contribution >= 4 is 11.1 Å². The monoisotopic (exact) mass is 513 g/mol. The third-order valence-electron chi connectivity index (χ3n) is 5.81. The van der Waals surface area contributed by atoms with Crippen molar-refractivity contribution in [1.29, 1.82) is 0 Å². The number of rotatable bonds is 7. The summed E-state index contributed by atoms with van der Waals surface area (Å²) >= 11 is 0. The summed E-state index contributed by atoms with van der Waals surface area (Å²) in [4.78, 5) is 4.33. The highest BCUT2D eigenvalue weighted by Gasteiger charge is 2.35. The number of aryl methyl sites for hydroxylation is 1. The second-order valence-electron chi connectivity index (χ2n) is 8.41. The number of hydrogen-bond acceptors (Lipinski definition) is 5. The minimum absolute atomic E-state index is 0.00135. The standard InChI is InChI=1S/C26H20F5N5O/c1-36-14-33-35-24(36)20-12-18(28)5-6-19(20)16-3-2-4-17(11-16)25-34-22-10-15(13-32-8-7-27)9-21(23(22)37-25)26(29,30)31/h2-6,9-12,14,32H,7-8,13H2,1H3. The second-order valence-corrected chi connectivity index (χ2v) is 8.41. The molecule has 5 rings (SSSR count). The fourth-order valence-electron chi connectivity index (χ4n) is 4.13. The Balaban J connectivity index is 1.60. The number of hydrogen-bond donors (Lipinski definition) is 1. The molecule has 190 valence electrons. The SMILES string of the molecule is Cn1cnnc1-c1cc(F)ccc1-c1cccc(-c2nc3cc(CNCCF)cc(C(F)(F)F)c3o2)c1. The van der Waals surface area contributed by atoms with Gasteiger partial charge in [-0.05, 0) is 53.1 Å². The maximum absolute atomic E-state index is 14.1. The highest BCUT2D eigenvalue weighted by atomic mass is 19.4. The Labute approximate surface area is 207 Å². The molecule has 0 radical (unpaired) electrons. The molecule has 3 aromatic carbocycles. The minimum atomic E-state index is -4.67. The molecule has 0 saturated carbocycles. The predicted molar refractivity (Wildman–Crippen MR) is 128 cm³/mol. The number of oxazole rings is 1. The first-order valence-corrected chi connectivity index (χ1v) is 11.3. The quantitative estimate of drug-likeness (QED) is 0.208. The zero-order valence-corrected chi connectivity index (χ0v) is 19.5. The van der Waals surface area contributed by atoms with Crippen LogP contribution >= 0.6 is 0 Å². The van der Waals surface area contributed by atoms with Gasteiger partial charge in [0.15, 0.2) is 11.4 Å². The smallest absolute Gasteiger partial charge is 0.420 e. The van der Waals surface area contributed by atoms with Crippen molar-refractivity contribution in [3.8, 4) is 34.0 Å². The second kappa shape index (κ2) is 9.74. The number of benzene rings is 3. The summed E-state index contributed by atoms with van der Waals surface area (Å²) in [6, 6.07) is 13.6. The van der Waals surface area contributed by atoms with E-state index in [-0.39, 0.29) is 30.1 Å². The molecule has 2 aromatic heterocycles. The first-order chi connectivity index (χ1) is 17.7. The molecule has 0 unspecified atom stereocenters.